The molecule has 4 aromatic rings. The minimum Gasteiger partial charge on any atom is -0.337 e. The molecule has 0 fully saturated rings. The Morgan fingerprint density at radius 2 is 1.69 bits per heavy atom. The Labute approximate surface area is 171 Å². The number of rotatable bonds is 5. The fourth-order valence-corrected chi connectivity index (χ4v) is 3.82. The molecule has 2 aromatic carbocycles. The molecule has 1 unspecified atom stereocenters. The molecule has 0 spiro atoms. The lowest BCUT2D eigenvalue weighted by molar-refractivity contribution is 0.688. The topological polar surface area (TPSA) is 70.7 Å². The summed E-state index contributed by atoms with van der Waals surface area (Å²) < 4.78 is 14.8. The van der Waals surface area contributed by atoms with E-state index < -0.39 is 9.71 Å². The highest BCUT2D eigenvalue weighted by Gasteiger charge is 2.15. The molecule has 2 N–H and O–H groups in total. The molecule has 0 bridgehead atoms. The van der Waals surface area contributed by atoms with Crippen molar-refractivity contribution in [3.8, 4) is 33.9 Å². The molecule has 2 heterocycles. The zero-order valence-corrected chi connectivity index (χ0v) is 17.2. The Morgan fingerprint density at radius 1 is 0.966 bits per heavy atom. The van der Waals surface area contributed by atoms with Crippen molar-refractivity contribution in [1.82, 2.24) is 15.0 Å². The predicted octanol–water partition coefficient (Wildman–Crippen LogP) is 4.79. The number of H-pyrrole nitrogens is 1. The summed E-state index contributed by atoms with van der Waals surface area (Å²) in [4.78, 5) is 12.5. The first-order valence-corrected chi connectivity index (χ1v) is 11.3. The van der Waals surface area contributed by atoms with Crippen LogP contribution in [0.3, 0.4) is 0 Å². The van der Waals surface area contributed by atoms with Gasteiger partial charge in [-0.05, 0) is 55.3 Å². The van der Waals surface area contributed by atoms with E-state index in [-0.39, 0.29) is 0 Å². The molecule has 29 heavy (non-hydrogen) atoms. The highest BCUT2D eigenvalue weighted by Crippen LogP contribution is 2.33. The standard InChI is InChI=1S/C23H22N4OS/c1-16-5-4-6-19(15-16)22-21(17-11-13-24-14-12-17)25-23(26-22)18-7-9-20(10-8-18)27-29(2,3)28/h4-15H,2H2,1,3H3,(H,25,26)(H,27,28). The molecule has 0 aliphatic rings. The van der Waals surface area contributed by atoms with Crippen molar-refractivity contribution >= 4 is 21.3 Å². The lowest BCUT2D eigenvalue weighted by atomic mass is 10.0. The van der Waals surface area contributed by atoms with Crippen LogP contribution in [0.2, 0.25) is 0 Å². The van der Waals surface area contributed by atoms with Crippen LogP contribution in [-0.2, 0) is 9.71 Å². The van der Waals surface area contributed by atoms with E-state index in [0.29, 0.717) is 0 Å². The second-order valence-corrected chi connectivity index (χ2v) is 9.31. The number of pyridine rings is 1. The van der Waals surface area contributed by atoms with Crippen LogP contribution in [0.1, 0.15) is 5.56 Å². The fourth-order valence-electron chi connectivity index (χ4n) is 3.18. The van der Waals surface area contributed by atoms with E-state index >= 15 is 0 Å². The number of aromatic nitrogens is 3. The van der Waals surface area contributed by atoms with Gasteiger partial charge in [-0.3, -0.25) is 4.98 Å². The first-order valence-electron chi connectivity index (χ1n) is 9.17. The van der Waals surface area contributed by atoms with Gasteiger partial charge in [0.15, 0.2) is 0 Å². The average Bonchev–Trinajstić information content (AvgIpc) is 3.13. The molecule has 4 rings (SSSR count). The number of benzene rings is 2. The monoisotopic (exact) mass is 402 g/mol. The van der Waals surface area contributed by atoms with Gasteiger partial charge in [0.25, 0.3) is 0 Å². The average molecular weight is 403 g/mol. The van der Waals surface area contributed by atoms with Crippen molar-refractivity contribution in [2.75, 3.05) is 11.0 Å². The first kappa shape index (κ1) is 19.0. The van der Waals surface area contributed by atoms with Crippen LogP contribution in [0, 0.1) is 6.92 Å². The van der Waals surface area contributed by atoms with Gasteiger partial charge in [-0.25, -0.2) is 9.19 Å². The van der Waals surface area contributed by atoms with Gasteiger partial charge in [-0.2, -0.15) is 0 Å². The SMILES string of the molecule is C=S(C)(=O)Nc1ccc(-c2nc(-c3cccc(C)c3)c(-c3ccncc3)[nH]2)cc1. The van der Waals surface area contributed by atoms with Crippen LogP contribution in [-0.4, -0.2) is 31.3 Å². The Bertz CT molecular complexity index is 1240. The van der Waals surface area contributed by atoms with Crippen LogP contribution in [0.25, 0.3) is 33.9 Å². The van der Waals surface area contributed by atoms with Crippen molar-refractivity contribution in [1.29, 1.82) is 0 Å². The van der Waals surface area contributed by atoms with E-state index in [4.69, 9.17) is 4.98 Å². The van der Waals surface area contributed by atoms with Gasteiger partial charge in [0.2, 0.25) is 0 Å². The molecular weight excluding hydrogens is 380 g/mol. The maximum absolute atomic E-state index is 11.9. The third-order valence-corrected chi connectivity index (χ3v) is 5.12. The molecule has 0 saturated heterocycles. The number of anilines is 1. The molecule has 0 saturated carbocycles. The minimum absolute atomic E-state index is 0.760. The van der Waals surface area contributed by atoms with Gasteiger partial charge in [-0.15, -0.1) is 0 Å². The summed E-state index contributed by atoms with van der Waals surface area (Å²) >= 11 is 0. The summed E-state index contributed by atoms with van der Waals surface area (Å²) in [6.45, 7) is 2.07. The smallest absolute Gasteiger partial charge is 0.138 e. The summed E-state index contributed by atoms with van der Waals surface area (Å²) in [7, 11) is -2.31. The first-order chi connectivity index (χ1) is 13.9. The van der Waals surface area contributed by atoms with Crippen molar-refractivity contribution in [3.05, 3.63) is 78.6 Å². The van der Waals surface area contributed by atoms with E-state index in [9.17, 15) is 4.21 Å². The molecule has 0 radical (unpaired) electrons. The fraction of sp³-hybridized carbons (Fsp3) is 0.0870. The minimum atomic E-state index is -2.31. The summed E-state index contributed by atoms with van der Waals surface area (Å²) in [5.74, 6) is 4.40. The molecule has 5 nitrogen and oxygen atoms in total. The third-order valence-electron chi connectivity index (χ3n) is 4.46. The molecule has 0 aliphatic heterocycles. The van der Waals surface area contributed by atoms with Crippen molar-refractivity contribution < 1.29 is 4.21 Å². The molecule has 0 amide bonds. The van der Waals surface area contributed by atoms with Crippen LogP contribution < -0.4 is 4.72 Å². The molecular formula is C23H22N4OS. The highest BCUT2D eigenvalue weighted by atomic mass is 32.2. The maximum atomic E-state index is 11.9. The number of nitrogens with one attached hydrogen (secondary N) is 2. The Balaban J connectivity index is 1.79. The molecule has 146 valence electrons. The summed E-state index contributed by atoms with van der Waals surface area (Å²) in [6, 6.07) is 19.9. The van der Waals surface area contributed by atoms with Gasteiger partial charge in [0, 0.05) is 50.7 Å². The van der Waals surface area contributed by atoms with E-state index in [1.165, 1.54) is 5.56 Å². The Morgan fingerprint density at radius 3 is 2.34 bits per heavy atom. The summed E-state index contributed by atoms with van der Waals surface area (Å²) in [5.41, 5.74) is 6.81. The van der Waals surface area contributed by atoms with E-state index in [2.05, 4.69) is 45.7 Å². The van der Waals surface area contributed by atoms with Gasteiger partial charge in [-0.1, -0.05) is 23.8 Å². The van der Waals surface area contributed by atoms with Gasteiger partial charge < -0.3 is 9.71 Å². The van der Waals surface area contributed by atoms with Crippen LogP contribution in [0.15, 0.2) is 73.1 Å². The molecule has 1 atom stereocenters. The highest BCUT2D eigenvalue weighted by molar-refractivity contribution is 8.00. The summed E-state index contributed by atoms with van der Waals surface area (Å²) in [5, 5.41) is 0. The van der Waals surface area contributed by atoms with E-state index in [1.807, 2.05) is 42.5 Å². The predicted molar refractivity (Wildman–Crippen MR) is 122 cm³/mol. The van der Waals surface area contributed by atoms with Crippen LogP contribution in [0.5, 0.6) is 0 Å². The van der Waals surface area contributed by atoms with Gasteiger partial charge in [0.05, 0.1) is 11.4 Å². The number of aryl methyl sites for hydroxylation is 1. The van der Waals surface area contributed by atoms with Gasteiger partial charge >= 0.3 is 0 Å². The quantitative estimate of drug-likeness (QED) is 0.472. The van der Waals surface area contributed by atoms with Crippen LogP contribution >= 0.6 is 0 Å². The zero-order valence-electron chi connectivity index (χ0n) is 16.3. The van der Waals surface area contributed by atoms with E-state index in [1.54, 1.807) is 18.6 Å². The lowest BCUT2D eigenvalue weighted by Gasteiger charge is -2.07. The second-order valence-electron chi connectivity index (χ2n) is 7.10. The normalized spacial score (nSPS) is 13.0. The lowest BCUT2D eigenvalue weighted by Crippen LogP contribution is -2.08. The number of imidazole rings is 1. The van der Waals surface area contributed by atoms with E-state index in [0.717, 1.165) is 39.6 Å². The maximum Gasteiger partial charge on any atom is 0.138 e. The molecule has 6 heteroatoms. The number of hydrogen-bond donors (Lipinski definition) is 2. The number of hydrogen-bond acceptors (Lipinski definition) is 3. The number of nitrogens with zero attached hydrogens (tertiary/aromatic N) is 2. The molecule has 0 aliphatic carbocycles. The van der Waals surface area contributed by atoms with Gasteiger partial charge in [0.1, 0.15) is 5.82 Å². The van der Waals surface area contributed by atoms with Crippen molar-refractivity contribution in [2.45, 2.75) is 6.92 Å². The molecule has 2 aromatic heterocycles. The second kappa shape index (κ2) is 7.56. The zero-order chi connectivity index (χ0) is 20.4. The Kier molecular flexibility index (Phi) is 4.94. The Hall–Kier alpha value is -3.38. The van der Waals surface area contributed by atoms with Crippen molar-refractivity contribution in [3.63, 3.8) is 0 Å². The van der Waals surface area contributed by atoms with Crippen molar-refractivity contribution in [2.24, 2.45) is 0 Å². The summed E-state index contributed by atoms with van der Waals surface area (Å²) in [6.07, 6.45) is 5.12. The third kappa shape index (κ3) is 4.38. The van der Waals surface area contributed by atoms with Crippen LogP contribution in [0.4, 0.5) is 5.69 Å². The largest absolute Gasteiger partial charge is 0.337 e. The number of aromatic amines is 1.